The first-order chi connectivity index (χ1) is 7.50. The first-order valence-electron chi connectivity index (χ1n) is 5.55. The van der Waals surface area contributed by atoms with Crippen molar-refractivity contribution < 1.29 is 4.79 Å². The lowest BCUT2D eigenvalue weighted by atomic mass is 10.0. The van der Waals surface area contributed by atoms with Crippen LogP contribution in [0.15, 0.2) is 36.0 Å². The van der Waals surface area contributed by atoms with Crippen molar-refractivity contribution in [2.45, 2.75) is 33.6 Å². The molecule has 0 bridgehead atoms. The van der Waals surface area contributed by atoms with Crippen LogP contribution in [0.1, 0.15) is 49.5 Å². The van der Waals surface area contributed by atoms with E-state index in [1.165, 1.54) is 5.56 Å². The molecule has 0 fully saturated rings. The van der Waals surface area contributed by atoms with Gasteiger partial charge < -0.3 is 5.32 Å². The molecule has 0 radical (unpaired) electrons. The molecule has 0 saturated heterocycles. The zero-order valence-electron chi connectivity index (χ0n) is 10.4. The average Bonchev–Trinajstić information content (AvgIpc) is 2.26. The Morgan fingerprint density at radius 2 is 1.75 bits per heavy atom. The van der Waals surface area contributed by atoms with E-state index in [-0.39, 0.29) is 5.91 Å². The summed E-state index contributed by atoms with van der Waals surface area (Å²) in [5.41, 5.74) is 3.02. The van der Waals surface area contributed by atoms with Crippen LogP contribution >= 0.6 is 0 Å². The zero-order chi connectivity index (χ0) is 12.1. The van der Waals surface area contributed by atoms with Crippen molar-refractivity contribution in [3.05, 3.63) is 47.2 Å². The van der Waals surface area contributed by atoms with Gasteiger partial charge in [0.25, 0.3) is 5.91 Å². The van der Waals surface area contributed by atoms with E-state index in [2.05, 4.69) is 19.2 Å². The van der Waals surface area contributed by atoms with Gasteiger partial charge >= 0.3 is 0 Å². The van der Waals surface area contributed by atoms with Gasteiger partial charge in [-0.3, -0.25) is 4.79 Å². The molecule has 0 aliphatic rings. The molecule has 16 heavy (non-hydrogen) atoms. The molecule has 0 aromatic heterocycles. The highest BCUT2D eigenvalue weighted by atomic mass is 16.1. The molecule has 0 aliphatic heterocycles. The Morgan fingerprint density at radius 1 is 1.19 bits per heavy atom. The van der Waals surface area contributed by atoms with E-state index in [1.54, 1.807) is 6.20 Å². The van der Waals surface area contributed by atoms with Crippen molar-refractivity contribution in [1.82, 2.24) is 5.32 Å². The predicted molar refractivity (Wildman–Crippen MR) is 67.4 cm³/mol. The van der Waals surface area contributed by atoms with E-state index < -0.39 is 0 Å². The SMILES string of the molecule is CC(C)=CNC(=O)c1ccc(C(C)C)cc1. The number of hydrogen-bond donors (Lipinski definition) is 1. The summed E-state index contributed by atoms with van der Waals surface area (Å²) >= 11 is 0. The van der Waals surface area contributed by atoms with E-state index in [0.29, 0.717) is 11.5 Å². The van der Waals surface area contributed by atoms with E-state index in [1.807, 2.05) is 38.1 Å². The summed E-state index contributed by atoms with van der Waals surface area (Å²) in [7, 11) is 0. The third-order valence-electron chi connectivity index (χ3n) is 2.33. The molecule has 2 heteroatoms. The summed E-state index contributed by atoms with van der Waals surface area (Å²) < 4.78 is 0. The molecule has 0 unspecified atom stereocenters. The zero-order valence-corrected chi connectivity index (χ0v) is 10.4. The van der Waals surface area contributed by atoms with Crippen molar-refractivity contribution in [2.24, 2.45) is 0 Å². The number of carbonyl (C=O) groups excluding carboxylic acids is 1. The molecule has 1 aromatic rings. The summed E-state index contributed by atoms with van der Waals surface area (Å²) in [6, 6.07) is 7.73. The van der Waals surface area contributed by atoms with E-state index >= 15 is 0 Å². The summed E-state index contributed by atoms with van der Waals surface area (Å²) in [5, 5.41) is 2.75. The highest BCUT2D eigenvalue weighted by Crippen LogP contribution is 2.14. The minimum Gasteiger partial charge on any atom is -0.329 e. The van der Waals surface area contributed by atoms with Crippen LogP contribution in [-0.4, -0.2) is 5.91 Å². The van der Waals surface area contributed by atoms with Crippen LogP contribution in [0.2, 0.25) is 0 Å². The number of benzene rings is 1. The van der Waals surface area contributed by atoms with Gasteiger partial charge in [0, 0.05) is 11.8 Å². The standard InChI is InChI=1S/C14H19NO/c1-10(2)9-15-14(16)13-7-5-12(6-8-13)11(3)4/h5-9,11H,1-4H3,(H,15,16). The van der Waals surface area contributed by atoms with Gasteiger partial charge in [0.05, 0.1) is 0 Å². The van der Waals surface area contributed by atoms with Gasteiger partial charge in [-0.1, -0.05) is 31.6 Å². The van der Waals surface area contributed by atoms with Crippen LogP contribution in [0.3, 0.4) is 0 Å². The number of hydrogen-bond acceptors (Lipinski definition) is 1. The molecule has 0 spiro atoms. The molecular weight excluding hydrogens is 198 g/mol. The first kappa shape index (κ1) is 12.5. The predicted octanol–water partition coefficient (Wildman–Crippen LogP) is 3.46. The first-order valence-corrected chi connectivity index (χ1v) is 5.55. The molecule has 0 saturated carbocycles. The summed E-state index contributed by atoms with van der Waals surface area (Å²) in [4.78, 5) is 11.7. The van der Waals surface area contributed by atoms with Gasteiger partial charge in [0.2, 0.25) is 0 Å². The van der Waals surface area contributed by atoms with E-state index in [0.717, 1.165) is 5.57 Å². The number of amides is 1. The molecule has 1 N–H and O–H groups in total. The minimum absolute atomic E-state index is 0.0588. The van der Waals surface area contributed by atoms with Crippen LogP contribution in [0, 0.1) is 0 Å². The Labute approximate surface area is 97.4 Å². The highest BCUT2D eigenvalue weighted by molar-refractivity contribution is 5.94. The quantitative estimate of drug-likeness (QED) is 0.825. The summed E-state index contributed by atoms with van der Waals surface area (Å²) in [5.74, 6) is 0.436. The lowest BCUT2D eigenvalue weighted by molar-refractivity contribution is 0.0969. The molecule has 1 rings (SSSR count). The van der Waals surface area contributed by atoms with Crippen LogP contribution in [0.5, 0.6) is 0 Å². The molecule has 0 aliphatic carbocycles. The molecule has 86 valence electrons. The molecule has 2 nitrogen and oxygen atoms in total. The van der Waals surface area contributed by atoms with Crippen LogP contribution in [-0.2, 0) is 0 Å². The minimum atomic E-state index is -0.0588. The normalized spacial score (nSPS) is 10.1. The van der Waals surface area contributed by atoms with Crippen molar-refractivity contribution in [3.8, 4) is 0 Å². The molecule has 1 amide bonds. The van der Waals surface area contributed by atoms with Gasteiger partial charge in [-0.05, 0) is 37.5 Å². The Morgan fingerprint density at radius 3 is 2.19 bits per heavy atom. The topological polar surface area (TPSA) is 29.1 Å². The maximum Gasteiger partial charge on any atom is 0.255 e. The van der Waals surface area contributed by atoms with Crippen LogP contribution in [0.25, 0.3) is 0 Å². The second-order valence-electron chi connectivity index (χ2n) is 4.47. The van der Waals surface area contributed by atoms with Crippen molar-refractivity contribution in [2.75, 3.05) is 0 Å². The monoisotopic (exact) mass is 217 g/mol. The fraction of sp³-hybridized carbons (Fsp3) is 0.357. The largest absolute Gasteiger partial charge is 0.329 e. The molecule has 0 atom stereocenters. The van der Waals surface area contributed by atoms with Gasteiger partial charge in [-0.25, -0.2) is 0 Å². The van der Waals surface area contributed by atoms with Crippen molar-refractivity contribution >= 4 is 5.91 Å². The third kappa shape index (κ3) is 3.54. The van der Waals surface area contributed by atoms with Gasteiger partial charge in [0.15, 0.2) is 0 Å². The highest BCUT2D eigenvalue weighted by Gasteiger charge is 2.04. The lowest BCUT2D eigenvalue weighted by Crippen LogP contribution is -2.17. The average molecular weight is 217 g/mol. The lowest BCUT2D eigenvalue weighted by Gasteiger charge is -2.06. The summed E-state index contributed by atoms with van der Waals surface area (Å²) in [6.07, 6.45) is 1.72. The number of allylic oxidation sites excluding steroid dienone is 1. The number of rotatable bonds is 3. The van der Waals surface area contributed by atoms with E-state index in [9.17, 15) is 4.79 Å². The molecule has 1 aromatic carbocycles. The van der Waals surface area contributed by atoms with Gasteiger partial charge in [-0.15, -0.1) is 0 Å². The third-order valence-corrected chi connectivity index (χ3v) is 2.33. The Bertz CT molecular complexity index is 384. The Kier molecular flexibility index (Phi) is 4.29. The molecular formula is C14H19NO. The van der Waals surface area contributed by atoms with Crippen LogP contribution in [0.4, 0.5) is 0 Å². The van der Waals surface area contributed by atoms with Crippen molar-refractivity contribution in [1.29, 1.82) is 0 Å². The smallest absolute Gasteiger partial charge is 0.255 e. The second kappa shape index (κ2) is 5.50. The Balaban J connectivity index is 2.74. The van der Waals surface area contributed by atoms with Gasteiger partial charge in [-0.2, -0.15) is 0 Å². The maximum absolute atomic E-state index is 11.7. The molecule has 0 heterocycles. The van der Waals surface area contributed by atoms with Crippen LogP contribution < -0.4 is 5.32 Å². The fourth-order valence-electron chi connectivity index (χ4n) is 1.31. The number of nitrogens with one attached hydrogen (secondary N) is 1. The maximum atomic E-state index is 11.7. The van der Waals surface area contributed by atoms with Gasteiger partial charge in [0.1, 0.15) is 0 Å². The van der Waals surface area contributed by atoms with Crippen molar-refractivity contribution in [3.63, 3.8) is 0 Å². The summed E-state index contributed by atoms with van der Waals surface area (Å²) in [6.45, 7) is 8.17. The second-order valence-corrected chi connectivity index (χ2v) is 4.47. The Hall–Kier alpha value is -1.57. The fourth-order valence-corrected chi connectivity index (χ4v) is 1.31. The van der Waals surface area contributed by atoms with E-state index in [4.69, 9.17) is 0 Å². The number of carbonyl (C=O) groups is 1.